The second kappa shape index (κ2) is 3.61. The van der Waals surface area contributed by atoms with Crippen molar-refractivity contribution < 1.29 is 0 Å². The van der Waals surface area contributed by atoms with Crippen molar-refractivity contribution in [2.24, 2.45) is 29.4 Å². The quantitative estimate of drug-likeness (QED) is 0.642. The molecule has 70 valence electrons. The van der Waals surface area contributed by atoms with Crippen LogP contribution in [-0.2, 0) is 0 Å². The van der Waals surface area contributed by atoms with E-state index in [9.17, 15) is 0 Å². The van der Waals surface area contributed by atoms with Crippen LogP contribution >= 0.6 is 0 Å². The second-order valence-corrected chi connectivity index (χ2v) is 4.51. The van der Waals surface area contributed by atoms with Gasteiger partial charge in [0.25, 0.3) is 0 Å². The Morgan fingerprint density at radius 1 is 1.50 bits per heavy atom. The van der Waals surface area contributed by atoms with E-state index >= 15 is 0 Å². The smallest absolute Gasteiger partial charge is 0.0255 e. The average Bonchev–Trinajstić information content (AvgIpc) is 1.99. The summed E-state index contributed by atoms with van der Waals surface area (Å²) >= 11 is 0. The summed E-state index contributed by atoms with van der Waals surface area (Å²) in [5.41, 5.74) is 5.98. The molecule has 0 bridgehead atoms. The van der Waals surface area contributed by atoms with Gasteiger partial charge in [-0.3, -0.25) is 0 Å². The Morgan fingerprint density at radius 2 is 2.08 bits per heavy atom. The van der Waals surface area contributed by atoms with Gasteiger partial charge in [-0.05, 0) is 30.1 Å². The van der Waals surface area contributed by atoms with Crippen LogP contribution in [0.25, 0.3) is 0 Å². The zero-order chi connectivity index (χ0) is 9.30. The SMILES string of the molecule is C=CC(N)C1C(C)CC1C(C)C. The molecule has 0 aromatic rings. The highest BCUT2D eigenvalue weighted by Crippen LogP contribution is 2.45. The molecule has 0 spiro atoms. The highest BCUT2D eigenvalue weighted by Gasteiger charge is 2.41. The van der Waals surface area contributed by atoms with Gasteiger partial charge < -0.3 is 5.73 Å². The second-order valence-electron chi connectivity index (χ2n) is 4.51. The largest absolute Gasteiger partial charge is 0.324 e. The number of rotatable bonds is 3. The maximum Gasteiger partial charge on any atom is 0.0255 e. The molecule has 1 aliphatic carbocycles. The lowest BCUT2D eigenvalue weighted by molar-refractivity contribution is 0.0373. The van der Waals surface area contributed by atoms with Gasteiger partial charge in [0.2, 0.25) is 0 Å². The molecule has 1 nitrogen and oxygen atoms in total. The molecule has 4 atom stereocenters. The van der Waals surface area contributed by atoms with Crippen LogP contribution in [0.5, 0.6) is 0 Å². The zero-order valence-corrected chi connectivity index (χ0v) is 8.46. The Balaban J connectivity index is 2.55. The highest BCUT2D eigenvalue weighted by atomic mass is 14.7. The first-order chi connectivity index (χ1) is 5.57. The van der Waals surface area contributed by atoms with Gasteiger partial charge in [-0.2, -0.15) is 0 Å². The molecule has 1 saturated carbocycles. The van der Waals surface area contributed by atoms with Crippen molar-refractivity contribution in [3.8, 4) is 0 Å². The van der Waals surface area contributed by atoms with E-state index in [0.717, 1.165) is 17.8 Å². The lowest BCUT2D eigenvalue weighted by atomic mass is 9.59. The molecule has 0 heterocycles. The number of nitrogens with two attached hydrogens (primary N) is 1. The third-order valence-electron chi connectivity index (χ3n) is 3.37. The van der Waals surface area contributed by atoms with Crippen LogP contribution in [0.2, 0.25) is 0 Å². The van der Waals surface area contributed by atoms with Crippen LogP contribution in [0, 0.1) is 23.7 Å². The van der Waals surface area contributed by atoms with Crippen LogP contribution in [-0.4, -0.2) is 6.04 Å². The van der Waals surface area contributed by atoms with Crippen LogP contribution in [0.1, 0.15) is 27.2 Å². The van der Waals surface area contributed by atoms with Crippen LogP contribution < -0.4 is 5.73 Å². The minimum absolute atomic E-state index is 0.209. The van der Waals surface area contributed by atoms with Gasteiger partial charge in [0.15, 0.2) is 0 Å². The summed E-state index contributed by atoms with van der Waals surface area (Å²) in [6.07, 6.45) is 3.25. The maximum atomic E-state index is 5.98. The normalized spacial score (nSPS) is 37.6. The molecule has 0 saturated heterocycles. The fourth-order valence-electron chi connectivity index (χ4n) is 2.51. The minimum atomic E-state index is 0.209. The fraction of sp³-hybridized carbons (Fsp3) is 0.818. The molecule has 12 heavy (non-hydrogen) atoms. The predicted octanol–water partition coefficient (Wildman–Crippen LogP) is 2.43. The van der Waals surface area contributed by atoms with Crippen molar-refractivity contribution in [3.63, 3.8) is 0 Å². The standard InChI is InChI=1S/C11H21N/c1-5-10(12)11-8(4)6-9(11)7(2)3/h5,7-11H,1,6,12H2,2-4H3. The van der Waals surface area contributed by atoms with E-state index in [1.54, 1.807) is 0 Å². The van der Waals surface area contributed by atoms with Crippen molar-refractivity contribution in [1.29, 1.82) is 0 Å². The van der Waals surface area contributed by atoms with Gasteiger partial charge in [-0.1, -0.05) is 26.8 Å². The van der Waals surface area contributed by atoms with Gasteiger partial charge in [-0.25, -0.2) is 0 Å². The van der Waals surface area contributed by atoms with Crippen LogP contribution in [0.3, 0.4) is 0 Å². The Hall–Kier alpha value is -0.300. The summed E-state index contributed by atoms with van der Waals surface area (Å²) in [5, 5.41) is 0. The van der Waals surface area contributed by atoms with Gasteiger partial charge >= 0.3 is 0 Å². The van der Waals surface area contributed by atoms with Crippen LogP contribution in [0.15, 0.2) is 12.7 Å². The molecule has 1 heteroatoms. The Bertz CT molecular complexity index is 162. The molecule has 1 rings (SSSR count). The van der Waals surface area contributed by atoms with Crippen molar-refractivity contribution in [2.75, 3.05) is 0 Å². The fourth-order valence-corrected chi connectivity index (χ4v) is 2.51. The van der Waals surface area contributed by atoms with Crippen molar-refractivity contribution in [2.45, 2.75) is 33.2 Å². The Labute approximate surface area is 76.0 Å². The van der Waals surface area contributed by atoms with Crippen molar-refractivity contribution in [3.05, 3.63) is 12.7 Å². The molecule has 1 fully saturated rings. The molecule has 2 N–H and O–H groups in total. The molecule has 1 aliphatic rings. The summed E-state index contributed by atoms with van der Waals surface area (Å²) in [5.74, 6) is 3.08. The molecule has 4 unspecified atom stereocenters. The molecular weight excluding hydrogens is 146 g/mol. The van der Waals surface area contributed by atoms with Gasteiger partial charge in [0, 0.05) is 6.04 Å². The Morgan fingerprint density at radius 3 is 2.42 bits per heavy atom. The third-order valence-corrected chi connectivity index (χ3v) is 3.37. The number of hydrogen-bond acceptors (Lipinski definition) is 1. The van der Waals surface area contributed by atoms with E-state index in [-0.39, 0.29) is 6.04 Å². The van der Waals surface area contributed by atoms with Crippen molar-refractivity contribution >= 4 is 0 Å². The summed E-state index contributed by atoms with van der Waals surface area (Å²) in [4.78, 5) is 0. The first-order valence-electron chi connectivity index (χ1n) is 4.96. The predicted molar refractivity (Wildman–Crippen MR) is 53.8 cm³/mol. The zero-order valence-electron chi connectivity index (χ0n) is 8.46. The van der Waals surface area contributed by atoms with Gasteiger partial charge in [-0.15, -0.1) is 6.58 Å². The monoisotopic (exact) mass is 167 g/mol. The first-order valence-corrected chi connectivity index (χ1v) is 4.96. The molecule has 0 aliphatic heterocycles. The van der Waals surface area contributed by atoms with E-state index in [0.29, 0.717) is 5.92 Å². The maximum absolute atomic E-state index is 5.98. The van der Waals surface area contributed by atoms with Crippen molar-refractivity contribution in [1.82, 2.24) is 0 Å². The van der Waals surface area contributed by atoms with E-state index in [1.165, 1.54) is 6.42 Å². The lowest BCUT2D eigenvalue weighted by Crippen LogP contribution is -2.48. The lowest BCUT2D eigenvalue weighted by Gasteiger charge is -2.48. The molecule has 0 radical (unpaired) electrons. The molecule has 0 aromatic carbocycles. The highest BCUT2D eigenvalue weighted by molar-refractivity contribution is 5.00. The van der Waals surface area contributed by atoms with E-state index in [1.807, 2.05) is 6.08 Å². The summed E-state index contributed by atoms with van der Waals surface area (Å²) in [7, 11) is 0. The topological polar surface area (TPSA) is 26.0 Å². The molecular formula is C11H21N. The average molecular weight is 167 g/mol. The molecule has 0 amide bonds. The summed E-state index contributed by atoms with van der Waals surface area (Å²) in [6.45, 7) is 10.6. The van der Waals surface area contributed by atoms with E-state index in [4.69, 9.17) is 5.73 Å². The minimum Gasteiger partial charge on any atom is -0.324 e. The summed E-state index contributed by atoms with van der Waals surface area (Å²) < 4.78 is 0. The van der Waals surface area contributed by atoms with E-state index in [2.05, 4.69) is 27.4 Å². The van der Waals surface area contributed by atoms with Gasteiger partial charge in [0.05, 0.1) is 0 Å². The van der Waals surface area contributed by atoms with E-state index < -0.39 is 0 Å². The van der Waals surface area contributed by atoms with Gasteiger partial charge in [0.1, 0.15) is 0 Å². The summed E-state index contributed by atoms with van der Waals surface area (Å²) in [6, 6.07) is 0.209. The first kappa shape index (κ1) is 9.79. The molecule has 0 aromatic heterocycles. The third kappa shape index (κ3) is 1.56. The Kier molecular flexibility index (Phi) is 2.94. The number of hydrogen-bond donors (Lipinski definition) is 1. The van der Waals surface area contributed by atoms with Crippen LogP contribution in [0.4, 0.5) is 0 Å².